The molecule has 2 heterocycles. The number of nitriles is 1. The second kappa shape index (κ2) is 7.79. The zero-order valence-electron chi connectivity index (χ0n) is 15.2. The Morgan fingerprint density at radius 2 is 2.00 bits per heavy atom. The van der Waals surface area contributed by atoms with E-state index in [1.807, 2.05) is 24.3 Å². The predicted octanol–water partition coefficient (Wildman–Crippen LogP) is 5.26. The van der Waals surface area contributed by atoms with Crippen molar-refractivity contribution in [2.45, 2.75) is 19.3 Å². The van der Waals surface area contributed by atoms with Gasteiger partial charge in [-0.25, -0.2) is 4.98 Å². The Bertz CT molecular complexity index is 1070. The van der Waals surface area contributed by atoms with E-state index in [4.69, 9.17) is 0 Å². The van der Waals surface area contributed by atoms with E-state index in [1.54, 1.807) is 18.2 Å². The molecule has 0 unspecified atom stereocenters. The summed E-state index contributed by atoms with van der Waals surface area (Å²) in [5.41, 5.74) is 2.90. The average Bonchev–Trinajstić information content (AvgIpc) is 3.16. The summed E-state index contributed by atoms with van der Waals surface area (Å²) in [6.45, 7) is 1.84. The van der Waals surface area contributed by atoms with Crippen LogP contribution >= 0.6 is 11.3 Å². The minimum Gasteiger partial charge on any atom is -0.371 e. The minimum absolute atomic E-state index is 0.0219. The first-order chi connectivity index (χ1) is 13.7. The molecule has 1 fully saturated rings. The highest BCUT2D eigenvalue weighted by molar-refractivity contribution is 7.19. The van der Waals surface area contributed by atoms with Crippen molar-refractivity contribution in [2.24, 2.45) is 0 Å². The van der Waals surface area contributed by atoms with E-state index in [1.165, 1.54) is 23.8 Å². The molecule has 0 amide bonds. The maximum atomic E-state index is 11.3. The first-order valence-corrected chi connectivity index (χ1v) is 9.98. The molecular formula is C21H18N4O2S. The Balaban J connectivity index is 1.81. The fourth-order valence-corrected chi connectivity index (χ4v) is 4.41. The number of piperidine rings is 1. The zero-order valence-corrected chi connectivity index (χ0v) is 16.0. The molecule has 1 saturated heterocycles. The maximum absolute atomic E-state index is 11.3. The molecule has 0 spiro atoms. The van der Waals surface area contributed by atoms with Crippen LogP contribution in [0.1, 0.15) is 29.8 Å². The molecule has 4 rings (SSSR count). The third-order valence-electron chi connectivity index (χ3n) is 4.86. The Morgan fingerprint density at radius 1 is 1.21 bits per heavy atom. The van der Waals surface area contributed by atoms with Gasteiger partial charge in [0, 0.05) is 36.5 Å². The number of anilines is 1. The van der Waals surface area contributed by atoms with Gasteiger partial charge in [0.2, 0.25) is 0 Å². The van der Waals surface area contributed by atoms with Crippen LogP contribution in [0, 0.1) is 21.4 Å². The summed E-state index contributed by atoms with van der Waals surface area (Å²) in [6, 6.07) is 14.8. The van der Waals surface area contributed by atoms with Crippen LogP contribution in [0.25, 0.3) is 21.9 Å². The second-order valence-electron chi connectivity index (χ2n) is 6.70. The summed E-state index contributed by atoms with van der Waals surface area (Å²) in [5, 5.41) is 21.7. The molecule has 2 aromatic carbocycles. The van der Waals surface area contributed by atoms with E-state index in [0.29, 0.717) is 16.1 Å². The minimum atomic E-state index is -0.402. The maximum Gasteiger partial charge on any atom is 0.270 e. The molecule has 0 radical (unpaired) electrons. The topological polar surface area (TPSA) is 83.1 Å². The number of nitrogens with zero attached hydrogens (tertiary/aromatic N) is 4. The lowest BCUT2D eigenvalue weighted by atomic mass is 10.0. The van der Waals surface area contributed by atoms with Crippen LogP contribution in [0.3, 0.4) is 0 Å². The molecule has 0 N–H and O–H groups in total. The summed E-state index contributed by atoms with van der Waals surface area (Å²) < 4.78 is 1.01. The van der Waals surface area contributed by atoms with Crippen LogP contribution < -0.4 is 4.90 Å². The van der Waals surface area contributed by atoms with Crippen LogP contribution in [-0.4, -0.2) is 23.0 Å². The largest absolute Gasteiger partial charge is 0.371 e. The number of benzene rings is 2. The van der Waals surface area contributed by atoms with Gasteiger partial charge >= 0.3 is 0 Å². The highest BCUT2D eigenvalue weighted by Crippen LogP contribution is 2.33. The van der Waals surface area contributed by atoms with Crippen molar-refractivity contribution in [3.63, 3.8) is 0 Å². The van der Waals surface area contributed by atoms with Crippen molar-refractivity contribution >= 4 is 44.6 Å². The molecule has 0 bridgehead atoms. The average molecular weight is 390 g/mol. The van der Waals surface area contributed by atoms with E-state index in [0.717, 1.165) is 41.8 Å². The molecule has 1 aliphatic rings. The molecule has 7 heteroatoms. The molecule has 6 nitrogen and oxygen atoms in total. The van der Waals surface area contributed by atoms with E-state index in [9.17, 15) is 15.4 Å². The van der Waals surface area contributed by atoms with Crippen LogP contribution in [0.2, 0.25) is 0 Å². The van der Waals surface area contributed by atoms with Gasteiger partial charge in [-0.1, -0.05) is 12.1 Å². The van der Waals surface area contributed by atoms with Gasteiger partial charge in [-0.3, -0.25) is 10.1 Å². The quantitative estimate of drug-likeness (QED) is 0.345. The number of rotatable bonds is 4. The van der Waals surface area contributed by atoms with Crippen LogP contribution in [0.4, 0.5) is 11.4 Å². The number of allylic oxidation sites excluding steroid dienone is 1. The third kappa shape index (κ3) is 3.59. The Kier molecular flexibility index (Phi) is 5.04. The van der Waals surface area contributed by atoms with E-state index in [-0.39, 0.29) is 5.69 Å². The molecule has 28 heavy (non-hydrogen) atoms. The third-order valence-corrected chi connectivity index (χ3v) is 5.93. The molecule has 0 atom stereocenters. The number of hydrogen-bond donors (Lipinski definition) is 0. The summed E-state index contributed by atoms with van der Waals surface area (Å²) in [5.74, 6) is 0. The Morgan fingerprint density at radius 3 is 2.71 bits per heavy atom. The van der Waals surface area contributed by atoms with Gasteiger partial charge in [0.05, 0.1) is 20.7 Å². The molecule has 3 aromatic rings. The van der Waals surface area contributed by atoms with Gasteiger partial charge < -0.3 is 4.90 Å². The second-order valence-corrected chi connectivity index (χ2v) is 7.74. The summed E-state index contributed by atoms with van der Waals surface area (Å²) in [7, 11) is 0. The van der Waals surface area contributed by atoms with Crippen LogP contribution in [0.15, 0.2) is 42.5 Å². The van der Waals surface area contributed by atoms with Gasteiger partial charge in [0.25, 0.3) is 5.69 Å². The van der Waals surface area contributed by atoms with Crippen molar-refractivity contribution in [1.82, 2.24) is 4.98 Å². The molecule has 1 aromatic heterocycles. The van der Waals surface area contributed by atoms with Gasteiger partial charge in [-0.05, 0) is 43.5 Å². The Labute approximate surface area is 166 Å². The van der Waals surface area contributed by atoms with Gasteiger partial charge in [-0.15, -0.1) is 11.3 Å². The number of nitro groups is 1. The highest BCUT2D eigenvalue weighted by Gasteiger charge is 2.18. The van der Waals surface area contributed by atoms with E-state index < -0.39 is 4.92 Å². The SMILES string of the molecule is N#C/C(=C\c1cc([N+](=O)[O-])ccc1N1CCCCC1)c1nc2ccccc2s1. The first kappa shape index (κ1) is 18.1. The smallest absolute Gasteiger partial charge is 0.270 e. The van der Waals surface area contributed by atoms with Gasteiger partial charge in [0.15, 0.2) is 0 Å². The van der Waals surface area contributed by atoms with Gasteiger partial charge in [-0.2, -0.15) is 5.26 Å². The van der Waals surface area contributed by atoms with E-state index in [2.05, 4.69) is 16.0 Å². The fourth-order valence-electron chi connectivity index (χ4n) is 3.48. The molecular weight excluding hydrogens is 372 g/mol. The normalized spacial score (nSPS) is 14.8. The predicted molar refractivity (Wildman–Crippen MR) is 112 cm³/mol. The monoisotopic (exact) mass is 390 g/mol. The van der Waals surface area contributed by atoms with Crippen molar-refractivity contribution in [3.05, 3.63) is 63.1 Å². The molecule has 0 saturated carbocycles. The lowest BCUT2D eigenvalue weighted by Crippen LogP contribution is -2.29. The van der Waals surface area contributed by atoms with Crippen molar-refractivity contribution in [1.29, 1.82) is 5.26 Å². The molecule has 0 aliphatic carbocycles. The summed E-state index contributed by atoms with van der Waals surface area (Å²) in [4.78, 5) is 17.7. The fraction of sp³-hybridized carbons (Fsp3) is 0.238. The summed E-state index contributed by atoms with van der Waals surface area (Å²) in [6.07, 6.45) is 5.13. The number of hydrogen-bond acceptors (Lipinski definition) is 6. The molecule has 1 aliphatic heterocycles. The zero-order chi connectivity index (χ0) is 19.5. The van der Waals surface area contributed by atoms with Crippen molar-refractivity contribution in [2.75, 3.05) is 18.0 Å². The van der Waals surface area contributed by atoms with Crippen LogP contribution in [-0.2, 0) is 0 Å². The van der Waals surface area contributed by atoms with E-state index >= 15 is 0 Å². The number of fused-ring (bicyclic) bond motifs is 1. The van der Waals surface area contributed by atoms with Crippen molar-refractivity contribution < 1.29 is 4.92 Å². The summed E-state index contributed by atoms with van der Waals surface area (Å²) >= 11 is 1.45. The van der Waals surface area contributed by atoms with Crippen molar-refractivity contribution in [3.8, 4) is 6.07 Å². The Hall–Kier alpha value is -3.24. The van der Waals surface area contributed by atoms with Gasteiger partial charge in [0.1, 0.15) is 11.1 Å². The number of thiazole rings is 1. The number of para-hydroxylation sites is 1. The first-order valence-electron chi connectivity index (χ1n) is 9.17. The molecule has 140 valence electrons. The van der Waals surface area contributed by atoms with Crippen LogP contribution in [0.5, 0.6) is 0 Å². The number of nitro benzene ring substituents is 1. The number of aromatic nitrogens is 1. The highest BCUT2D eigenvalue weighted by atomic mass is 32.1. The lowest BCUT2D eigenvalue weighted by Gasteiger charge is -2.30. The lowest BCUT2D eigenvalue weighted by molar-refractivity contribution is -0.384. The number of non-ortho nitro benzene ring substituents is 1. The standard InChI is InChI=1S/C21H18N4O2S/c22-14-16(21-23-18-6-2-3-7-20(18)28-21)12-15-13-17(25(26)27)8-9-19(15)24-10-4-1-5-11-24/h2-3,6-9,12-13H,1,4-5,10-11H2/b16-12+.